The average Bonchev–Trinajstić information content (AvgIpc) is 2.84. The van der Waals surface area contributed by atoms with Crippen molar-refractivity contribution in [2.75, 3.05) is 0 Å². The normalized spacial score (nSPS) is 13.9. The Morgan fingerprint density at radius 2 is 1.19 bits per heavy atom. The van der Waals surface area contributed by atoms with E-state index in [0.29, 0.717) is 11.1 Å². The van der Waals surface area contributed by atoms with Crippen LogP contribution in [0.5, 0.6) is 0 Å². The van der Waals surface area contributed by atoms with Gasteiger partial charge in [-0.25, -0.2) is 4.39 Å². The summed E-state index contributed by atoms with van der Waals surface area (Å²) in [7, 11) is 0. The van der Waals surface area contributed by atoms with E-state index in [9.17, 15) is 9.90 Å². The third-order valence-corrected chi connectivity index (χ3v) is 5.58. The van der Waals surface area contributed by atoms with E-state index >= 15 is 4.39 Å². The minimum absolute atomic E-state index is 0.230. The van der Waals surface area contributed by atoms with Gasteiger partial charge in [0.05, 0.1) is 0 Å². The van der Waals surface area contributed by atoms with Crippen molar-refractivity contribution >= 4 is 5.78 Å². The lowest BCUT2D eigenvalue weighted by Gasteiger charge is -2.32. The zero-order valence-corrected chi connectivity index (χ0v) is 17.2. The summed E-state index contributed by atoms with van der Waals surface area (Å²) in [6, 6.07) is 32.1. The van der Waals surface area contributed by atoms with Crippen molar-refractivity contribution in [1.29, 1.82) is 0 Å². The largest absolute Gasteiger partial charge is 0.377 e. The molecule has 0 fully saturated rings. The van der Waals surface area contributed by atoms with Crippen molar-refractivity contribution in [2.24, 2.45) is 0 Å². The summed E-state index contributed by atoms with van der Waals surface area (Å²) in [6.07, 6.45) is -2.17. The lowest BCUT2D eigenvalue weighted by molar-refractivity contribution is 0.00254. The van der Waals surface area contributed by atoms with Gasteiger partial charge in [0.25, 0.3) is 0 Å². The van der Waals surface area contributed by atoms with E-state index < -0.39 is 17.6 Å². The molecule has 0 saturated heterocycles. The van der Waals surface area contributed by atoms with Crippen molar-refractivity contribution in [3.63, 3.8) is 0 Å². The maximum absolute atomic E-state index is 15.8. The first-order valence-corrected chi connectivity index (χ1v) is 10.2. The summed E-state index contributed by atoms with van der Waals surface area (Å²) in [6.45, 7) is 1.90. The van der Waals surface area contributed by atoms with Gasteiger partial charge in [-0.3, -0.25) is 4.79 Å². The molecule has 0 bridgehead atoms. The molecule has 0 heterocycles. The fourth-order valence-corrected chi connectivity index (χ4v) is 3.75. The fraction of sp³-hybridized carbons (Fsp3) is 0.107. The van der Waals surface area contributed by atoms with Gasteiger partial charge in [-0.05, 0) is 29.2 Å². The molecule has 0 aromatic heterocycles. The van der Waals surface area contributed by atoms with Crippen molar-refractivity contribution in [3.05, 3.63) is 131 Å². The predicted molar refractivity (Wildman–Crippen MR) is 122 cm³/mol. The molecule has 3 heteroatoms. The molecule has 0 spiro atoms. The highest BCUT2D eigenvalue weighted by atomic mass is 19.1. The van der Waals surface area contributed by atoms with Crippen LogP contribution in [0.15, 0.2) is 109 Å². The number of aryl methyl sites for hydroxylation is 1. The molecule has 1 N–H and O–H groups in total. The molecule has 2 unspecified atom stereocenters. The molecule has 154 valence electrons. The first-order valence-electron chi connectivity index (χ1n) is 10.2. The molecule has 0 radical (unpaired) electrons. The van der Waals surface area contributed by atoms with Crippen LogP contribution in [0.3, 0.4) is 0 Å². The summed E-state index contributed by atoms with van der Waals surface area (Å²) < 4.78 is 15.8. The zero-order valence-electron chi connectivity index (χ0n) is 17.2. The van der Waals surface area contributed by atoms with E-state index in [2.05, 4.69) is 0 Å². The summed E-state index contributed by atoms with van der Waals surface area (Å²) >= 11 is 0. The Hall–Kier alpha value is -3.56. The van der Waals surface area contributed by atoms with Crippen molar-refractivity contribution in [3.8, 4) is 11.1 Å². The van der Waals surface area contributed by atoms with Crippen LogP contribution in [-0.2, 0) is 5.60 Å². The maximum atomic E-state index is 15.8. The molecule has 4 aromatic rings. The number of halogens is 1. The van der Waals surface area contributed by atoms with Crippen LogP contribution in [0.2, 0.25) is 0 Å². The molecule has 4 aromatic carbocycles. The standard InChI is InChI=1S/C28H23FO2/c1-20-12-14-23(15-13-20)26(30)27(29)28(31,24-10-6-3-7-11-24)25-18-16-22(17-19-25)21-8-4-2-5-9-21/h2-19,27,31H,1H3. The van der Waals surface area contributed by atoms with Gasteiger partial charge in [0.2, 0.25) is 5.78 Å². The molecule has 0 amide bonds. The molecule has 0 saturated carbocycles. The van der Waals surface area contributed by atoms with Gasteiger partial charge >= 0.3 is 0 Å². The molecule has 31 heavy (non-hydrogen) atoms. The molecule has 0 aliphatic rings. The average molecular weight is 410 g/mol. The first-order chi connectivity index (χ1) is 15.0. The quantitative estimate of drug-likeness (QED) is 0.389. The van der Waals surface area contributed by atoms with Gasteiger partial charge in [-0.1, -0.05) is 115 Å². The Morgan fingerprint density at radius 1 is 0.710 bits per heavy atom. The van der Waals surface area contributed by atoms with Crippen molar-refractivity contribution in [1.82, 2.24) is 0 Å². The van der Waals surface area contributed by atoms with Gasteiger partial charge in [-0.15, -0.1) is 0 Å². The van der Waals surface area contributed by atoms with Crippen LogP contribution < -0.4 is 0 Å². The van der Waals surface area contributed by atoms with E-state index in [1.165, 1.54) is 0 Å². The van der Waals surface area contributed by atoms with Gasteiger partial charge in [-0.2, -0.15) is 0 Å². The Balaban J connectivity index is 1.77. The number of hydrogen-bond acceptors (Lipinski definition) is 2. The summed E-state index contributed by atoms with van der Waals surface area (Å²) in [4.78, 5) is 13.0. The van der Waals surface area contributed by atoms with Crippen LogP contribution in [0, 0.1) is 6.92 Å². The third kappa shape index (κ3) is 4.05. The van der Waals surface area contributed by atoms with Gasteiger partial charge in [0.15, 0.2) is 11.8 Å². The summed E-state index contributed by atoms with van der Waals surface area (Å²) in [5, 5.41) is 11.7. The van der Waals surface area contributed by atoms with Gasteiger partial charge in [0.1, 0.15) is 0 Å². The van der Waals surface area contributed by atoms with Crippen LogP contribution >= 0.6 is 0 Å². The molecule has 0 aliphatic heterocycles. The second-order valence-electron chi connectivity index (χ2n) is 7.67. The van der Waals surface area contributed by atoms with Crippen LogP contribution in [0.25, 0.3) is 11.1 Å². The molecule has 2 nitrogen and oxygen atoms in total. The number of ketones is 1. The number of benzene rings is 4. The number of Topliss-reactive ketones (excluding diaryl/α,β-unsaturated/α-hetero) is 1. The van der Waals surface area contributed by atoms with Crippen molar-refractivity contribution in [2.45, 2.75) is 18.7 Å². The SMILES string of the molecule is Cc1ccc(C(=O)C(F)C(O)(c2ccccc2)c2ccc(-c3ccccc3)cc2)cc1. The number of carbonyl (C=O) groups excluding carboxylic acids is 1. The lowest BCUT2D eigenvalue weighted by Crippen LogP contribution is -2.43. The topological polar surface area (TPSA) is 37.3 Å². The van der Waals surface area contributed by atoms with Gasteiger partial charge < -0.3 is 5.11 Å². The number of aliphatic hydroxyl groups is 1. The second-order valence-corrected chi connectivity index (χ2v) is 7.67. The highest BCUT2D eigenvalue weighted by Crippen LogP contribution is 2.37. The van der Waals surface area contributed by atoms with E-state index in [0.717, 1.165) is 16.7 Å². The highest BCUT2D eigenvalue weighted by molar-refractivity contribution is 6.00. The van der Waals surface area contributed by atoms with E-state index in [1.54, 1.807) is 66.7 Å². The second kappa shape index (κ2) is 8.66. The number of hydrogen-bond donors (Lipinski definition) is 1. The molecular formula is C28H23FO2. The monoisotopic (exact) mass is 410 g/mol. The maximum Gasteiger partial charge on any atom is 0.200 e. The molecule has 2 atom stereocenters. The zero-order chi connectivity index (χ0) is 21.8. The lowest BCUT2D eigenvalue weighted by atomic mass is 9.79. The van der Waals surface area contributed by atoms with E-state index in [4.69, 9.17) is 0 Å². The Morgan fingerprint density at radius 3 is 1.77 bits per heavy atom. The highest BCUT2D eigenvalue weighted by Gasteiger charge is 2.45. The summed E-state index contributed by atoms with van der Waals surface area (Å²) in [5.74, 6) is -0.751. The Bertz CT molecular complexity index is 1150. The smallest absolute Gasteiger partial charge is 0.200 e. The minimum atomic E-state index is -2.17. The molecular weight excluding hydrogens is 387 g/mol. The fourth-order valence-electron chi connectivity index (χ4n) is 3.75. The van der Waals surface area contributed by atoms with Crippen molar-refractivity contribution < 1.29 is 14.3 Å². The van der Waals surface area contributed by atoms with Crippen LogP contribution in [-0.4, -0.2) is 17.1 Å². The van der Waals surface area contributed by atoms with Crippen LogP contribution in [0.1, 0.15) is 27.0 Å². The van der Waals surface area contributed by atoms with E-state index in [1.807, 2.05) is 49.4 Å². The van der Waals surface area contributed by atoms with Gasteiger partial charge in [0, 0.05) is 5.56 Å². The molecule has 0 aliphatic carbocycles. The number of carbonyl (C=O) groups is 1. The molecule has 4 rings (SSSR count). The number of alkyl halides is 1. The first kappa shape index (κ1) is 20.7. The number of rotatable bonds is 6. The Labute approximate surface area is 181 Å². The van der Waals surface area contributed by atoms with E-state index in [-0.39, 0.29) is 5.56 Å². The van der Waals surface area contributed by atoms with Crippen LogP contribution in [0.4, 0.5) is 4.39 Å². The third-order valence-electron chi connectivity index (χ3n) is 5.58. The Kier molecular flexibility index (Phi) is 5.79. The minimum Gasteiger partial charge on any atom is -0.377 e. The predicted octanol–water partition coefficient (Wildman–Crippen LogP) is 6.12. The summed E-state index contributed by atoms with van der Waals surface area (Å²) in [5.41, 5.74) is 1.71.